The number of thiophene rings is 1. The van der Waals surface area contributed by atoms with Gasteiger partial charge in [0, 0.05) is 18.0 Å². The third-order valence-corrected chi connectivity index (χ3v) is 6.14. The summed E-state index contributed by atoms with van der Waals surface area (Å²) >= 11 is 1.82. The van der Waals surface area contributed by atoms with Crippen molar-refractivity contribution in [2.75, 3.05) is 39.8 Å². The fourth-order valence-electron chi connectivity index (χ4n) is 3.64. The van der Waals surface area contributed by atoms with Gasteiger partial charge < -0.3 is 20.5 Å². The van der Waals surface area contributed by atoms with Crippen molar-refractivity contribution in [1.29, 1.82) is 0 Å². The minimum absolute atomic E-state index is 0.167. The van der Waals surface area contributed by atoms with Gasteiger partial charge in [-0.05, 0) is 68.4 Å². The second-order valence-corrected chi connectivity index (χ2v) is 8.16. The molecule has 0 saturated carbocycles. The van der Waals surface area contributed by atoms with Crippen molar-refractivity contribution in [2.24, 2.45) is 4.99 Å². The molecule has 1 aromatic heterocycles. The van der Waals surface area contributed by atoms with E-state index >= 15 is 0 Å². The Hall–Kier alpha value is -2.25. The molecule has 1 aromatic carbocycles. The van der Waals surface area contributed by atoms with Crippen LogP contribution in [0.1, 0.15) is 36.2 Å². The molecule has 3 N–H and O–H groups in total. The zero-order chi connectivity index (χ0) is 20.5. The van der Waals surface area contributed by atoms with E-state index in [1.54, 1.807) is 13.2 Å². The lowest BCUT2D eigenvalue weighted by Crippen LogP contribution is -2.39. The molecule has 29 heavy (non-hydrogen) atoms. The van der Waals surface area contributed by atoms with Gasteiger partial charge in [-0.25, -0.2) is 0 Å². The van der Waals surface area contributed by atoms with Crippen molar-refractivity contribution in [3.8, 4) is 11.5 Å². The lowest BCUT2D eigenvalue weighted by atomic mass is 10.1. The van der Waals surface area contributed by atoms with E-state index < -0.39 is 0 Å². The molecule has 0 aliphatic carbocycles. The van der Waals surface area contributed by atoms with E-state index in [0.29, 0.717) is 11.8 Å². The van der Waals surface area contributed by atoms with Gasteiger partial charge in [-0.2, -0.15) is 0 Å². The van der Waals surface area contributed by atoms with Gasteiger partial charge in [0.15, 0.2) is 17.5 Å². The van der Waals surface area contributed by atoms with Gasteiger partial charge in [-0.1, -0.05) is 12.1 Å². The molecule has 3 rings (SSSR count). The molecule has 0 spiro atoms. The van der Waals surface area contributed by atoms with E-state index in [4.69, 9.17) is 9.73 Å². The number of aromatic hydroxyl groups is 1. The lowest BCUT2D eigenvalue weighted by molar-refractivity contribution is 0.255. The highest BCUT2D eigenvalue weighted by atomic mass is 32.1. The van der Waals surface area contributed by atoms with Gasteiger partial charge in [-0.3, -0.25) is 9.89 Å². The van der Waals surface area contributed by atoms with E-state index in [-0.39, 0.29) is 5.75 Å². The van der Waals surface area contributed by atoms with Crippen LogP contribution in [0.25, 0.3) is 0 Å². The molecule has 1 aliphatic heterocycles. The van der Waals surface area contributed by atoms with Gasteiger partial charge in [-0.15, -0.1) is 11.3 Å². The zero-order valence-corrected chi connectivity index (χ0v) is 18.2. The normalized spacial score (nSPS) is 16.0. The maximum absolute atomic E-state index is 9.74. The monoisotopic (exact) mass is 416 g/mol. The van der Waals surface area contributed by atoms with Gasteiger partial charge >= 0.3 is 0 Å². The second-order valence-electron chi connectivity index (χ2n) is 7.18. The number of phenolic OH excluding ortho intramolecular Hbond substituents is 1. The maximum atomic E-state index is 9.74. The van der Waals surface area contributed by atoms with E-state index in [1.807, 2.05) is 23.5 Å². The molecule has 2 heterocycles. The topological polar surface area (TPSA) is 69.1 Å². The SMILES string of the molecule is CCNC(=NCC(c1cccs1)N1CCCC1)NCCc1ccc(O)c(OC)c1. The van der Waals surface area contributed by atoms with Crippen molar-refractivity contribution in [3.63, 3.8) is 0 Å². The van der Waals surface area contributed by atoms with E-state index in [2.05, 4.69) is 40.0 Å². The molecule has 0 bridgehead atoms. The van der Waals surface area contributed by atoms with Crippen LogP contribution in [0.2, 0.25) is 0 Å². The molecule has 0 amide bonds. The molecule has 1 saturated heterocycles. The Kier molecular flexibility index (Phi) is 8.19. The van der Waals surface area contributed by atoms with Crippen LogP contribution >= 0.6 is 11.3 Å². The van der Waals surface area contributed by atoms with Crippen LogP contribution in [0.4, 0.5) is 0 Å². The Bertz CT molecular complexity index is 773. The van der Waals surface area contributed by atoms with Gasteiger partial charge in [0.05, 0.1) is 19.7 Å². The molecule has 1 aliphatic rings. The Morgan fingerprint density at radius 1 is 1.28 bits per heavy atom. The number of phenols is 1. The van der Waals surface area contributed by atoms with Crippen molar-refractivity contribution in [3.05, 3.63) is 46.2 Å². The Morgan fingerprint density at radius 3 is 2.79 bits per heavy atom. The average Bonchev–Trinajstić information content (AvgIpc) is 3.44. The zero-order valence-electron chi connectivity index (χ0n) is 17.4. The number of aliphatic imine (C=N–C) groups is 1. The van der Waals surface area contributed by atoms with E-state index in [0.717, 1.165) is 50.7 Å². The number of nitrogens with zero attached hydrogens (tertiary/aromatic N) is 2. The van der Waals surface area contributed by atoms with Crippen LogP contribution in [0.15, 0.2) is 40.7 Å². The first-order valence-corrected chi connectivity index (χ1v) is 11.2. The van der Waals surface area contributed by atoms with Crippen molar-refractivity contribution in [1.82, 2.24) is 15.5 Å². The molecule has 158 valence electrons. The largest absolute Gasteiger partial charge is 0.504 e. The Morgan fingerprint density at radius 2 is 2.10 bits per heavy atom. The third kappa shape index (κ3) is 6.11. The summed E-state index contributed by atoms with van der Waals surface area (Å²) in [7, 11) is 1.57. The average molecular weight is 417 g/mol. The van der Waals surface area contributed by atoms with E-state index in [9.17, 15) is 5.11 Å². The number of benzene rings is 1. The number of nitrogens with one attached hydrogen (secondary N) is 2. The number of guanidine groups is 1. The lowest BCUT2D eigenvalue weighted by Gasteiger charge is -2.25. The first-order valence-electron chi connectivity index (χ1n) is 10.4. The molecular formula is C22H32N4O2S. The van der Waals surface area contributed by atoms with Crippen LogP contribution in [-0.4, -0.2) is 55.8 Å². The van der Waals surface area contributed by atoms with Crippen LogP contribution in [0.5, 0.6) is 11.5 Å². The Labute approximate surface area is 177 Å². The first kappa shape index (κ1) is 21.5. The fraction of sp³-hybridized carbons (Fsp3) is 0.500. The van der Waals surface area contributed by atoms with Crippen LogP contribution in [-0.2, 0) is 6.42 Å². The number of ether oxygens (including phenoxy) is 1. The molecule has 6 nitrogen and oxygen atoms in total. The number of methoxy groups -OCH3 is 1. The summed E-state index contributed by atoms with van der Waals surface area (Å²) in [6.07, 6.45) is 3.38. The molecular weight excluding hydrogens is 384 g/mol. The number of hydrogen-bond donors (Lipinski definition) is 3. The summed E-state index contributed by atoms with van der Waals surface area (Å²) in [4.78, 5) is 8.84. The standard InChI is InChI=1S/C22H32N4O2S/c1-3-23-22(24-11-10-17-8-9-19(27)20(15-17)28-2)25-16-18(21-7-6-14-29-21)26-12-4-5-13-26/h6-9,14-15,18,27H,3-5,10-13,16H2,1-2H3,(H2,23,24,25). The van der Waals surface area contributed by atoms with Gasteiger partial charge in [0.25, 0.3) is 0 Å². The number of rotatable bonds is 9. The van der Waals surface area contributed by atoms with Crippen LogP contribution in [0, 0.1) is 0 Å². The molecule has 2 aromatic rings. The third-order valence-electron chi connectivity index (χ3n) is 5.17. The van der Waals surface area contributed by atoms with Crippen molar-refractivity contribution in [2.45, 2.75) is 32.2 Å². The minimum Gasteiger partial charge on any atom is -0.504 e. The molecule has 1 atom stereocenters. The number of hydrogen-bond acceptors (Lipinski definition) is 5. The predicted octanol–water partition coefficient (Wildman–Crippen LogP) is 3.40. The summed E-state index contributed by atoms with van der Waals surface area (Å²) in [6.45, 7) is 6.73. The minimum atomic E-state index is 0.167. The molecule has 0 radical (unpaired) electrons. The Balaban J connectivity index is 1.59. The smallest absolute Gasteiger partial charge is 0.191 e. The van der Waals surface area contributed by atoms with Crippen molar-refractivity contribution < 1.29 is 9.84 Å². The first-order chi connectivity index (χ1) is 14.2. The highest BCUT2D eigenvalue weighted by molar-refractivity contribution is 7.10. The summed E-state index contributed by atoms with van der Waals surface area (Å²) in [5.41, 5.74) is 1.11. The maximum Gasteiger partial charge on any atom is 0.191 e. The quantitative estimate of drug-likeness (QED) is 0.432. The fourth-order valence-corrected chi connectivity index (χ4v) is 4.49. The summed E-state index contributed by atoms with van der Waals surface area (Å²) < 4.78 is 5.19. The summed E-state index contributed by atoms with van der Waals surface area (Å²) in [5, 5.41) is 18.7. The number of likely N-dealkylation sites (tertiary alicyclic amines) is 1. The summed E-state index contributed by atoms with van der Waals surface area (Å²) in [6, 6.07) is 10.2. The molecule has 1 unspecified atom stereocenters. The summed E-state index contributed by atoms with van der Waals surface area (Å²) in [5.74, 6) is 1.52. The van der Waals surface area contributed by atoms with Crippen LogP contribution < -0.4 is 15.4 Å². The molecule has 1 fully saturated rings. The molecule has 7 heteroatoms. The van der Waals surface area contributed by atoms with Crippen LogP contribution in [0.3, 0.4) is 0 Å². The highest BCUT2D eigenvalue weighted by Crippen LogP contribution is 2.29. The van der Waals surface area contributed by atoms with Gasteiger partial charge in [0.2, 0.25) is 0 Å². The van der Waals surface area contributed by atoms with Gasteiger partial charge in [0.1, 0.15) is 0 Å². The predicted molar refractivity (Wildman–Crippen MR) is 120 cm³/mol. The highest BCUT2D eigenvalue weighted by Gasteiger charge is 2.24. The van der Waals surface area contributed by atoms with E-state index in [1.165, 1.54) is 17.7 Å². The second kappa shape index (κ2) is 11.1. The van der Waals surface area contributed by atoms with Crippen molar-refractivity contribution >= 4 is 17.3 Å².